The van der Waals surface area contributed by atoms with Gasteiger partial charge in [0.2, 0.25) is 0 Å². The summed E-state index contributed by atoms with van der Waals surface area (Å²) in [6, 6.07) is 9.63. The average Bonchev–Trinajstić information content (AvgIpc) is 2.20. The van der Waals surface area contributed by atoms with E-state index in [1.54, 1.807) is 13.1 Å². The van der Waals surface area contributed by atoms with E-state index in [1.807, 2.05) is 30.3 Å². The van der Waals surface area contributed by atoms with E-state index >= 15 is 0 Å². The normalized spacial score (nSPS) is 10.4. The molecule has 0 heterocycles. The Labute approximate surface area is 83.4 Å². The Morgan fingerprint density at radius 3 is 2.79 bits per heavy atom. The van der Waals surface area contributed by atoms with Crippen LogP contribution in [0.25, 0.3) is 0 Å². The van der Waals surface area contributed by atoms with Gasteiger partial charge in [0, 0.05) is 6.21 Å². The number of aliphatic imine (C=N–C) groups is 1. The molecule has 0 amide bonds. The summed E-state index contributed by atoms with van der Waals surface area (Å²) < 4.78 is 4.73. The summed E-state index contributed by atoms with van der Waals surface area (Å²) in [6.45, 7) is 2.27. The molecular formula is C11H13NO2. The zero-order valence-electron chi connectivity index (χ0n) is 8.14. The molecule has 1 aromatic carbocycles. The van der Waals surface area contributed by atoms with Crippen LogP contribution >= 0.6 is 0 Å². The van der Waals surface area contributed by atoms with Crippen LogP contribution in [0.5, 0.6) is 0 Å². The van der Waals surface area contributed by atoms with Crippen LogP contribution in [0.1, 0.15) is 12.5 Å². The maximum Gasteiger partial charge on any atom is 0.327 e. The summed E-state index contributed by atoms with van der Waals surface area (Å²) >= 11 is 0. The van der Waals surface area contributed by atoms with Gasteiger partial charge in [-0.1, -0.05) is 30.3 Å². The zero-order chi connectivity index (χ0) is 10.2. The van der Waals surface area contributed by atoms with Gasteiger partial charge in [-0.2, -0.15) is 0 Å². The van der Waals surface area contributed by atoms with E-state index in [9.17, 15) is 4.79 Å². The van der Waals surface area contributed by atoms with Gasteiger partial charge in [-0.3, -0.25) is 9.79 Å². The van der Waals surface area contributed by atoms with Crippen LogP contribution in [-0.2, 0) is 9.53 Å². The highest BCUT2D eigenvalue weighted by Gasteiger charge is 1.96. The van der Waals surface area contributed by atoms with Crippen LogP contribution in [0.2, 0.25) is 0 Å². The molecule has 0 saturated carbocycles. The van der Waals surface area contributed by atoms with Crippen LogP contribution in [-0.4, -0.2) is 25.3 Å². The molecule has 0 aliphatic rings. The molecule has 0 aromatic heterocycles. The smallest absolute Gasteiger partial charge is 0.327 e. The summed E-state index contributed by atoms with van der Waals surface area (Å²) in [4.78, 5) is 14.9. The van der Waals surface area contributed by atoms with Crippen molar-refractivity contribution in [1.29, 1.82) is 0 Å². The van der Waals surface area contributed by atoms with E-state index in [-0.39, 0.29) is 12.5 Å². The lowest BCUT2D eigenvalue weighted by Crippen LogP contribution is -2.07. The topological polar surface area (TPSA) is 38.7 Å². The van der Waals surface area contributed by atoms with E-state index < -0.39 is 0 Å². The third-order valence-electron chi connectivity index (χ3n) is 1.57. The average molecular weight is 191 g/mol. The molecule has 0 radical (unpaired) electrons. The first kappa shape index (κ1) is 10.4. The zero-order valence-corrected chi connectivity index (χ0v) is 8.14. The number of rotatable bonds is 4. The second-order valence-corrected chi connectivity index (χ2v) is 2.69. The molecule has 0 atom stereocenters. The summed E-state index contributed by atoms with van der Waals surface area (Å²) in [5, 5.41) is 0. The molecule has 1 rings (SSSR count). The van der Waals surface area contributed by atoms with Gasteiger partial charge in [0.25, 0.3) is 0 Å². The van der Waals surface area contributed by atoms with Crippen molar-refractivity contribution in [3.63, 3.8) is 0 Å². The first-order chi connectivity index (χ1) is 6.83. The predicted molar refractivity (Wildman–Crippen MR) is 55.5 cm³/mol. The van der Waals surface area contributed by atoms with E-state index in [4.69, 9.17) is 4.74 Å². The number of carbonyl (C=O) groups excluding carboxylic acids is 1. The van der Waals surface area contributed by atoms with Crippen LogP contribution in [0.3, 0.4) is 0 Å². The highest BCUT2D eigenvalue weighted by atomic mass is 16.5. The van der Waals surface area contributed by atoms with Crippen molar-refractivity contribution in [2.24, 2.45) is 4.99 Å². The lowest BCUT2D eigenvalue weighted by molar-refractivity contribution is -0.141. The van der Waals surface area contributed by atoms with Crippen LogP contribution in [0, 0.1) is 0 Å². The quantitative estimate of drug-likeness (QED) is 0.536. The van der Waals surface area contributed by atoms with Crippen molar-refractivity contribution >= 4 is 12.2 Å². The molecule has 3 heteroatoms. The van der Waals surface area contributed by atoms with Crippen LogP contribution < -0.4 is 0 Å². The van der Waals surface area contributed by atoms with Gasteiger partial charge < -0.3 is 4.74 Å². The van der Waals surface area contributed by atoms with Crippen molar-refractivity contribution in [2.75, 3.05) is 13.2 Å². The highest BCUT2D eigenvalue weighted by Crippen LogP contribution is 1.93. The second-order valence-electron chi connectivity index (χ2n) is 2.69. The molecule has 0 unspecified atom stereocenters. The SMILES string of the molecule is CCOC(=O)C/N=C\c1ccccc1. The first-order valence-electron chi connectivity index (χ1n) is 4.53. The van der Waals surface area contributed by atoms with Crippen molar-refractivity contribution in [1.82, 2.24) is 0 Å². The molecule has 14 heavy (non-hydrogen) atoms. The Balaban J connectivity index is 2.38. The minimum Gasteiger partial charge on any atom is -0.465 e. The Hall–Kier alpha value is -1.64. The lowest BCUT2D eigenvalue weighted by atomic mass is 10.2. The van der Waals surface area contributed by atoms with Gasteiger partial charge in [0.15, 0.2) is 0 Å². The van der Waals surface area contributed by atoms with Gasteiger partial charge in [-0.05, 0) is 12.5 Å². The summed E-state index contributed by atoms with van der Waals surface area (Å²) in [5.41, 5.74) is 0.983. The van der Waals surface area contributed by atoms with Gasteiger partial charge >= 0.3 is 5.97 Å². The van der Waals surface area contributed by atoms with Crippen molar-refractivity contribution < 1.29 is 9.53 Å². The summed E-state index contributed by atoms with van der Waals surface area (Å²) in [5.74, 6) is -0.292. The fraction of sp³-hybridized carbons (Fsp3) is 0.273. The Morgan fingerprint density at radius 2 is 2.14 bits per heavy atom. The molecule has 0 aliphatic carbocycles. The number of esters is 1. The minimum atomic E-state index is -0.292. The van der Waals surface area contributed by atoms with E-state index in [0.29, 0.717) is 6.61 Å². The number of hydrogen-bond donors (Lipinski definition) is 0. The largest absolute Gasteiger partial charge is 0.465 e. The monoisotopic (exact) mass is 191 g/mol. The van der Waals surface area contributed by atoms with Gasteiger partial charge in [0.1, 0.15) is 6.54 Å². The van der Waals surface area contributed by atoms with Crippen LogP contribution in [0.4, 0.5) is 0 Å². The molecule has 0 aliphatic heterocycles. The maximum absolute atomic E-state index is 10.9. The van der Waals surface area contributed by atoms with E-state index in [0.717, 1.165) is 5.56 Å². The molecule has 0 fully saturated rings. The molecule has 0 bridgehead atoms. The number of nitrogens with zero attached hydrogens (tertiary/aromatic N) is 1. The Bertz CT molecular complexity index is 306. The predicted octanol–water partition coefficient (Wildman–Crippen LogP) is 1.67. The van der Waals surface area contributed by atoms with E-state index in [1.165, 1.54) is 0 Å². The number of carbonyl (C=O) groups is 1. The van der Waals surface area contributed by atoms with Crippen molar-refractivity contribution in [3.05, 3.63) is 35.9 Å². The third kappa shape index (κ3) is 3.85. The second kappa shape index (κ2) is 5.91. The molecule has 0 spiro atoms. The fourth-order valence-corrected chi connectivity index (χ4v) is 0.971. The van der Waals surface area contributed by atoms with Gasteiger partial charge in [0.05, 0.1) is 6.61 Å². The first-order valence-corrected chi connectivity index (χ1v) is 4.53. The molecule has 3 nitrogen and oxygen atoms in total. The van der Waals surface area contributed by atoms with Crippen molar-refractivity contribution in [2.45, 2.75) is 6.92 Å². The third-order valence-corrected chi connectivity index (χ3v) is 1.57. The van der Waals surface area contributed by atoms with Crippen LogP contribution in [0.15, 0.2) is 35.3 Å². The molecular weight excluding hydrogens is 178 g/mol. The van der Waals surface area contributed by atoms with Crippen molar-refractivity contribution in [3.8, 4) is 0 Å². The van der Waals surface area contributed by atoms with Gasteiger partial charge in [-0.25, -0.2) is 0 Å². The number of ether oxygens (including phenoxy) is 1. The summed E-state index contributed by atoms with van der Waals surface area (Å²) in [7, 11) is 0. The fourth-order valence-electron chi connectivity index (χ4n) is 0.971. The van der Waals surface area contributed by atoms with Gasteiger partial charge in [-0.15, -0.1) is 0 Å². The molecule has 74 valence electrons. The molecule has 1 aromatic rings. The number of benzene rings is 1. The Morgan fingerprint density at radius 1 is 1.43 bits per heavy atom. The van der Waals surface area contributed by atoms with E-state index in [2.05, 4.69) is 4.99 Å². The highest BCUT2D eigenvalue weighted by molar-refractivity contribution is 5.82. The Kier molecular flexibility index (Phi) is 4.41. The number of hydrogen-bond acceptors (Lipinski definition) is 3. The maximum atomic E-state index is 10.9. The molecule has 0 N–H and O–H groups in total. The minimum absolute atomic E-state index is 0.0860. The lowest BCUT2D eigenvalue weighted by Gasteiger charge is -1.96. The summed E-state index contributed by atoms with van der Waals surface area (Å²) in [6.07, 6.45) is 1.66. The molecule has 0 saturated heterocycles. The standard InChI is InChI=1S/C11H13NO2/c1-2-14-11(13)9-12-8-10-6-4-3-5-7-10/h3-8H,2,9H2,1H3/b12-8-.